The number of hydrogen-bond donors (Lipinski definition) is 0. The summed E-state index contributed by atoms with van der Waals surface area (Å²) in [6.07, 6.45) is 0. The number of nitrogens with zero attached hydrogens (tertiary/aromatic N) is 4. The van der Waals surface area contributed by atoms with E-state index in [4.69, 9.17) is 24.4 Å². The molecule has 0 bridgehead atoms. The second-order valence-corrected chi connectivity index (χ2v) is 13.8. The highest BCUT2D eigenvalue weighted by Gasteiger charge is 2.17. The predicted molar refractivity (Wildman–Crippen MR) is 225 cm³/mol. The van der Waals surface area contributed by atoms with E-state index >= 15 is 0 Å². The summed E-state index contributed by atoms with van der Waals surface area (Å²) in [5.74, 6) is 0.696. The van der Waals surface area contributed by atoms with Gasteiger partial charge in [0.1, 0.15) is 11.2 Å². The minimum atomic E-state index is 0.696. The minimum Gasteiger partial charge on any atom is -0.455 e. The van der Waals surface area contributed by atoms with Gasteiger partial charge in [-0.1, -0.05) is 152 Å². The third-order valence-corrected chi connectivity index (χ3v) is 10.5. The molecule has 0 unspecified atom stereocenters. The van der Waals surface area contributed by atoms with Gasteiger partial charge in [-0.15, -0.1) is 0 Å². The van der Waals surface area contributed by atoms with Crippen LogP contribution in [0, 0.1) is 0 Å². The van der Waals surface area contributed by atoms with Crippen molar-refractivity contribution in [1.29, 1.82) is 0 Å². The molecule has 0 atom stereocenters. The number of furan rings is 1. The fourth-order valence-corrected chi connectivity index (χ4v) is 7.79. The summed E-state index contributed by atoms with van der Waals surface area (Å²) in [5.41, 5.74) is 13.0. The predicted octanol–water partition coefficient (Wildman–Crippen LogP) is 13.0. The second-order valence-electron chi connectivity index (χ2n) is 13.8. The molecule has 5 heteroatoms. The molecule has 0 aliphatic heterocycles. The van der Waals surface area contributed by atoms with Crippen LogP contribution in [0.3, 0.4) is 0 Å². The van der Waals surface area contributed by atoms with Crippen LogP contribution in [0.5, 0.6) is 0 Å². The first-order valence-electron chi connectivity index (χ1n) is 18.4. The standard InChI is InChI=1S/C50H30N4O/c1-3-12-31(13-4-1)45-41-22-10-19-37(48(41)54-50(53-45)34-14-5-2-6-15-34)35-16-9-17-36(30-35)42-28-26-32-24-25-33-27-29-43(52-47(33)46(32)51-42)40-21-11-20-39-38-18-7-8-23-44(38)55-49(39)40/h1-30H. The van der Waals surface area contributed by atoms with E-state index in [0.717, 1.165) is 105 Å². The first kappa shape index (κ1) is 31.1. The van der Waals surface area contributed by atoms with Crippen LogP contribution in [0.2, 0.25) is 0 Å². The number of aromatic nitrogens is 4. The van der Waals surface area contributed by atoms with Crippen molar-refractivity contribution in [2.75, 3.05) is 0 Å². The molecule has 11 aromatic rings. The van der Waals surface area contributed by atoms with Crippen LogP contribution in [0.25, 0.3) is 111 Å². The summed E-state index contributed by atoms with van der Waals surface area (Å²) in [6.45, 7) is 0. The van der Waals surface area contributed by atoms with Crippen LogP contribution in [0.4, 0.5) is 0 Å². The first-order valence-corrected chi connectivity index (χ1v) is 18.4. The van der Waals surface area contributed by atoms with Crippen molar-refractivity contribution in [2.45, 2.75) is 0 Å². The number of hydrogen-bond acceptors (Lipinski definition) is 5. The van der Waals surface area contributed by atoms with Crippen molar-refractivity contribution in [1.82, 2.24) is 19.9 Å². The molecule has 0 saturated heterocycles. The lowest BCUT2D eigenvalue weighted by Gasteiger charge is -2.13. The molecule has 5 nitrogen and oxygen atoms in total. The lowest BCUT2D eigenvalue weighted by molar-refractivity contribution is 0.670. The van der Waals surface area contributed by atoms with Crippen molar-refractivity contribution in [3.05, 3.63) is 182 Å². The van der Waals surface area contributed by atoms with Gasteiger partial charge < -0.3 is 4.42 Å². The Morgan fingerprint density at radius 2 is 0.927 bits per heavy atom. The summed E-state index contributed by atoms with van der Waals surface area (Å²) in [4.78, 5) is 20.9. The lowest BCUT2D eigenvalue weighted by Crippen LogP contribution is -1.97. The Morgan fingerprint density at radius 1 is 0.345 bits per heavy atom. The van der Waals surface area contributed by atoms with E-state index in [1.165, 1.54) is 0 Å². The van der Waals surface area contributed by atoms with Gasteiger partial charge in [0, 0.05) is 54.7 Å². The van der Waals surface area contributed by atoms with Gasteiger partial charge in [-0.2, -0.15) is 0 Å². The third kappa shape index (κ3) is 5.24. The molecule has 11 rings (SSSR count). The fourth-order valence-electron chi connectivity index (χ4n) is 7.79. The highest BCUT2D eigenvalue weighted by Crippen LogP contribution is 2.38. The van der Waals surface area contributed by atoms with E-state index in [1.807, 2.05) is 42.5 Å². The summed E-state index contributed by atoms with van der Waals surface area (Å²) >= 11 is 0. The van der Waals surface area contributed by atoms with E-state index < -0.39 is 0 Å². The highest BCUT2D eigenvalue weighted by molar-refractivity contribution is 6.10. The smallest absolute Gasteiger partial charge is 0.160 e. The number of rotatable bonds is 5. The largest absolute Gasteiger partial charge is 0.455 e. The zero-order chi connectivity index (χ0) is 36.3. The van der Waals surface area contributed by atoms with Crippen molar-refractivity contribution in [3.63, 3.8) is 0 Å². The molecule has 0 fully saturated rings. The zero-order valence-electron chi connectivity index (χ0n) is 29.5. The number of pyridine rings is 2. The van der Waals surface area contributed by atoms with Crippen molar-refractivity contribution in [2.24, 2.45) is 0 Å². The molecule has 0 aliphatic carbocycles. The van der Waals surface area contributed by atoms with E-state index in [2.05, 4.69) is 140 Å². The molecule has 4 aromatic heterocycles. The molecular weight excluding hydrogens is 673 g/mol. The molecule has 7 aromatic carbocycles. The molecule has 55 heavy (non-hydrogen) atoms. The second kappa shape index (κ2) is 12.6. The van der Waals surface area contributed by atoms with Crippen LogP contribution >= 0.6 is 0 Å². The molecule has 0 spiro atoms. The van der Waals surface area contributed by atoms with E-state index in [1.54, 1.807) is 0 Å². The Bertz CT molecular complexity index is 3260. The van der Waals surface area contributed by atoms with Gasteiger partial charge in [0.15, 0.2) is 5.82 Å². The lowest BCUT2D eigenvalue weighted by atomic mass is 9.97. The van der Waals surface area contributed by atoms with Gasteiger partial charge in [-0.25, -0.2) is 19.9 Å². The van der Waals surface area contributed by atoms with Gasteiger partial charge in [-0.3, -0.25) is 0 Å². The van der Waals surface area contributed by atoms with Gasteiger partial charge in [0.05, 0.1) is 33.6 Å². The average molecular weight is 703 g/mol. The quantitative estimate of drug-likeness (QED) is 0.167. The minimum absolute atomic E-state index is 0.696. The Labute approximate surface area is 316 Å². The van der Waals surface area contributed by atoms with Crippen LogP contribution in [0.15, 0.2) is 186 Å². The molecule has 4 heterocycles. The topological polar surface area (TPSA) is 64.7 Å². The van der Waals surface area contributed by atoms with Crippen molar-refractivity contribution in [3.8, 4) is 56.3 Å². The van der Waals surface area contributed by atoms with Gasteiger partial charge in [0.25, 0.3) is 0 Å². The highest BCUT2D eigenvalue weighted by atomic mass is 16.3. The Hall–Kier alpha value is -7.50. The van der Waals surface area contributed by atoms with Crippen LogP contribution in [0.1, 0.15) is 0 Å². The molecule has 0 amide bonds. The molecule has 0 saturated carbocycles. The Balaban J connectivity index is 1.05. The van der Waals surface area contributed by atoms with E-state index in [9.17, 15) is 0 Å². The third-order valence-electron chi connectivity index (χ3n) is 10.5. The molecule has 0 radical (unpaired) electrons. The van der Waals surface area contributed by atoms with Crippen molar-refractivity contribution < 1.29 is 4.42 Å². The maximum atomic E-state index is 6.38. The molecular formula is C50H30N4O. The monoisotopic (exact) mass is 702 g/mol. The molecule has 0 aliphatic rings. The first-order chi connectivity index (χ1) is 27.2. The molecule has 256 valence electrons. The maximum Gasteiger partial charge on any atom is 0.160 e. The fraction of sp³-hybridized carbons (Fsp3) is 0. The van der Waals surface area contributed by atoms with Gasteiger partial charge >= 0.3 is 0 Å². The van der Waals surface area contributed by atoms with Crippen LogP contribution in [-0.2, 0) is 0 Å². The number of para-hydroxylation sites is 3. The number of benzene rings is 7. The Kier molecular flexibility index (Phi) is 7.10. The summed E-state index contributed by atoms with van der Waals surface area (Å²) in [6, 6.07) is 62.6. The normalized spacial score (nSPS) is 11.6. The summed E-state index contributed by atoms with van der Waals surface area (Å²) < 4.78 is 6.38. The average Bonchev–Trinajstić information content (AvgIpc) is 3.65. The summed E-state index contributed by atoms with van der Waals surface area (Å²) in [5, 5.41) is 5.25. The van der Waals surface area contributed by atoms with E-state index in [-0.39, 0.29) is 0 Å². The van der Waals surface area contributed by atoms with Gasteiger partial charge in [0.2, 0.25) is 0 Å². The van der Waals surface area contributed by atoms with Crippen LogP contribution in [-0.4, -0.2) is 19.9 Å². The van der Waals surface area contributed by atoms with E-state index in [0.29, 0.717) is 5.82 Å². The van der Waals surface area contributed by atoms with Crippen molar-refractivity contribution >= 4 is 54.6 Å². The number of fused-ring (bicyclic) bond motifs is 7. The van der Waals surface area contributed by atoms with Crippen LogP contribution < -0.4 is 0 Å². The molecule has 0 N–H and O–H groups in total. The summed E-state index contributed by atoms with van der Waals surface area (Å²) in [7, 11) is 0. The SMILES string of the molecule is c1ccc(-c2nc(-c3ccccc3)c3cccc(-c4cccc(-c5ccc6ccc7ccc(-c8cccc9c8oc8ccccc89)nc7c6n5)c4)c3n2)cc1. The Morgan fingerprint density at radius 3 is 1.73 bits per heavy atom. The zero-order valence-corrected chi connectivity index (χ0v) is 29.5. The van der Waals surface area contributed by atoms with Gasteiger partial charge in [-0.05, 0) is 35.9 Å². The maximum absolute atomic E-state index is 6.38.